The number of nitrogens with one attached hydrogen (secondary N) is 1. The van der Waals surface area contributed by atoms with E-state index in [1.54, 1.807) is 50.3 Å². The molecule has 1 aliphatic carbocycles. The van der Waals surface area contributed by atoms with E-state index in [0.29, 0.717) is 16.9 Å². The van der Waals surface area contributed by atoms with Crippen molar-refractivity contribution >= 4 is 29.2 Å². The number of hydrogen-bond acceptors (Lipinski definition) is 6. The molecule has 0 unspecified atom stereocenters. The van der Waals surface area contributed by atoms with Crippen LogP contribution in [0.15, 0.2) is 40.7 Å². The Morgan fingerprint density at radius 3 is 2.61 bits per heavy atom. The van der Waals surface area contributed by atoms with E-state index < -0.39 is 18.1 Å². The van der Waals surface area contributed by atoms with Crippen LogP contribution in [0.5, 0.6) is 0 Å². The van der Waals surface area contributed by atoms with Crippen molar-refractivity contribution in [2.75, 3.05) is 33.1 Å². The summed E-state index contributed by atoms with van der Waals surface area (Å²) in [5.74, 6) is -1.11. The summed E-state index contributed by atoms with van der Waals surface area (Å²) in [4.78, 5) is 45.0. The van der Waals surface area contributed by atoms with Crippen LogP contribution >= 0.6 is 0 Å². The molecular formula is C21H28N6O4. The Hall–Kier alpha value is -3.56. The van der Waals surface area contributed by atoms with Gasteiger partial charge in [-0.1, -0.05) is 24.1 Å². The molecule has 1 aromatic carbocycles. The van der Waals surface area contributed by atoms with Crippen LogP contribution in [0.2, 0.25) is 0 Å². The molecule has 3 amide bonds. The zero-order valence-electron chi connectivity index (χ0n) is 18.0. The zero-order valence-corrected chi connectivity index (χ0v) is 18.0. The lowest BCUT2D eigenvalue weighted by atomic mass is 9.93. The predicted octanol–water partition coefficient (Wildman–Crippen LogP) is 0.613. The van der Waals surface area contributed by atoms with Gasteiger partial charge in [0.1, 0.15) is 5.57 Å². The van der Waals surface area contributed by atoms with Gasteiger partial charge in [0.25, 0.3) is 17.7 Å². The fraction of sp³-hybridized carbons (Fsp3) is 0.429. The van der Waals surface area contributed by atoms with Gasteiger partial charge in [-0.15, -0.1) is 0 Å². The topological polar surface area (TPSA) is 143 Å². The van der Waals surface area contributed by atoms with Gasteiger partial charge >= 0.3 is 0 Å². The average molecular weight is 428 g/mol. The predicted molar refractivity (Wildman–Crippen MR) is 116 cm³/mol. The molecule has 10 nitrogen and oxygen atoms in total. The first-order valence-electron chi connectivity index (χ1n) is 10.0. The Balaban J connectivity index is 1.62. The van der Waals surface area contributed by atoms with Gasteiger partial charge in [-0.3, -0.25) is 14.4 Å². The summed E-state index contributed by atoms with van der Waals surface area (Å²) in [6.45, 7) is -0.422. The highest BCUT2D eigenvalue weighted by Gasteiger charge is 2.51. The van der Waals surface area contributed by atoms with Crippen LogP contribution in [-0.2, 0) is 14.4 Å². The smallest absolute Gasteiger partial charge is 0.265 e. The molecule has 31 heavy (non-hydrogen) atoms. The highest BCUT2D eigenvalue weighted by molar-refractivity contribution is 6.22. The van der Waals surface area contributed by atoms with Crippen molar-refractivity contribution in [3.63, 3.8) is 0 Å². The molecule has 1 heterocycles. The van der Waals surface area contributed by atoms with Crippen molar-refractivity contribution in [1.82, 2.24) is 9.80 Å². The number of benzene rings is 1. The third-order valence-corrected chi connectivity index (χ3v) is 5.78. The molecule has 1 fully saturated rings. The summed E-state index contributed by atoms with van der Waals surface area (Å²) in [6.07, 6.45) is 3.55. The van der Waals surface area contributed by atoms with Crippen LogP contribution in [-0.4, -0.2) is 66.6 Å². The van der Waals surface area contributed by atoms with Crippen LogP contribution in [0.25, 0.3) is 0 Å². The van der Waals surface area contributed by atoms with E-state index >= 15 is 0 Å². The second-order valence-electron chi connectivity index (χ2n) is 7.97. The van der Waals surface area contributed by atoms with Crippen LogP contribution in [0.3, 0.4) is 0 Å². The van der Waals surface area contributed by atoms with E-state index in [-0.39, 0.29) is 23.2 Å². The second-order valence-corrected chi connectivity index (χ2v) is 7.97. The lowest BCUT2D eigenvalue weighted by molar-refractivity contribution is -0.127. The summed E-state index contributed by atoms with van der Waals surface area (Å²) >= 11 is 0. The minimum absolute atomic E-state index is 0.139. The van der Waals surface area contributed by atoms with E-state index in [9.17, 15) is 14.4 Å². The SMILES string of the molecule is CN(C)C(=O)c1cccc(NC(=O)CO/N=C(/N)C2=C(N)C3(CCCC3)N(C)C2=O)c1. The molecule has 3 rings (SSSR count). The minimum Gasteiger partial charge on any atom is -0.399 e. The fourth-order valence-corrected chi connectivity index (χ4v) is 4.09. The average Bonchev–Trinajstić information content (AvgIpc) is 3.29. The quantitative estimate of drug-likeness (QED) is 0.344. The molecule has 10 heteroatoms. The highest BCUT2D eigenvalue weighted by Crippen LogP contribution is 2.44. The van der Waals surface area contributed by atoms with E-state index in [4.69, 9.17) is 16.3 Å². The van der Waals surface area contributed by atoms with Crippen molar-refractivity contribution < 1.29 is 19.2 Å². The number of amidine groups is 1. The zero-order chi connectivity index (χ0) is 22.8. The Bertz CT molecular complexity index is 962. The Kier molecular flexibility index (Phi) is 6.19. The third-order valence-electron chi connectivity index (χ3n) is 5.78. The Morgan fingerprint density at radius 2 is 1.97 bits per heavy atom. The van der Waals surface area contributed by atoms with Crippen LogP contribution in [0.4, 0.5) is 5.69 Å². The number of hydrogen-bond donors (Lipinski definition) is 3. The summed E-state index contributed by atoms with van der Waals surface area (Å²) in [5, 5.41) is 6.36. The van der Waals surface area contributed by atoms with E-state index in [2.05, 4.69) is 10.5 Å². The van der Waals surface area contributed by atoms with Crippen molar-refractivity contribution in [3.05, 3.63) is 41.1 Å². The maximum Gasteiger partial charge on any atom is 0.265 e. The number of anilines is 1. The first-order valence-corrected chi connectivity index (χ1v) is 10.0. The summed E-state index contributed by atoms with van der Waals surface area (Å²) in [5.41, 5.74) is 13.2. The maximum absolute atomic E-state index is 12.7. The lowest BCUT2D eigenvalue weighted by Gasteiger charge is -2.33. The molecule has 0 bridgehead atoms. The van der Waals surface area contributed by atoms with Gasteiger partial charge in [0.05, 0.1) is 11.2 Å². The van der Waals surface area contributed by atoms with Gasteiger partial charge < -0.3 is 31.4 Å². The van der Waals surface area contributed by atoms with Crippen LogP contribution in [0, 0.1) is 0 Å². The molecule has 166 valence electrons. The van der Waals surface area contributed by atoms with Crippen molar-refractivity contribution in [2.24, 2.45) is 16.6 Å². The normalized spacial score (nSPS) is 18.0. The molecule has 0 atom stereocenters. The number of carbonyl (C=O) groups is 3. The third kappa shape index (κ3) is 4.18. The van der Waals surface area contributed by atoms with Gasteiger partial charge in [-0.2, -0.15) is 0 Å². The standard InChI is InChI=1S/C21H28N6O4/c1-26(2)19(29)13-7-6-8-14(11-13)24-15(28)12-31-25-18(23)16-17(22)21(9-4-5-10-21)27(3)20(16)30/h6-8,11H,4-5,9-10,12,22H2,1-3H3,(H2,23,25)(H,24,28). The van der Waals surface area contributed by atoms with E-state index in [1.165, 1.54) is 4.90 Å². The molecule has 0 radical (unpaired) electrons. The first kappa shape index (κ1) is 22.1. The fourth-order valence-electron chi connectivity index (χ4n) is 4.09. The summed E-state index contributed by atoms with van der Waals surface area (Å²) in [6, 6.07) is 6.54. The number of likely N-dealkylation sites (N-methyl/N-ethyl adjacent to an activating group) is 1. The number of oxime groups is 1. The van der Waals surface area contributed by atoms with Crippen molar-refractivity contribution in [1.29, 1.82) is 0 Å². The molecule has 1 saturated carbocycles. The minimum atomic E-state index is -0.501. The highest BCUT2D eigenvalue weighted by atomic mass is 16.6. The van der Waals surface area contributed by atoms with Gasteiger partial charge in [-0.05, 0) is 31.0 Å². The summed E-state index contributed by atoms with van der Waals surface area (Å²) in [7, 11) is 5.01. The number of nitrogens with zero attached hydrogens (tertiary/aromatic N) is 3. The molecule has 0 aromatic heterocycles. The van der Waals surface area contributed by atoms with E-state index in [1.807, 2.05) is 0 Å². The van der Waals surface area contributed by atoms with E-state index in [0.717, 1.165) is 25.7 Å². The number of nitrogens with two attached hydrogens (primary N) is 2. The Morgan fingerprint density at radius 1 is 1.29 bits per heavy atom. The largest absolute Gasteiger partial charge is 0.399 e. The molecule has 2 aliphatic rings. The van der Waals surface area contributed by atoms with Gasteiger partial charge in [0.15, 0.2) is 12.4 Å². The Labute approximate surface area is 180 Å². The molecular weight excluding hydrogens is 400 g/mol. The van der Waals surface area contributed by atoms with Gasteiger partial charge in [-0.25, -0.2) is 0 Å². The summed E-state index contributed by atoms with van der Waals surface area (Å²) < 4.78 is 0. The first-order chi connectivity index (χ1) is 14.7. The number of amides is 3. The molecule has 1 spiro atoms. The van der Waals surface area contributed by atoms with Crippen LogP contribution < -0.4 is 16.8 Å². The maximum atomic E-state index is 12.7. The number of rotatable bonds is 6. The van der Waals surface area contributed by atoms with Gasteiger partial charge in [0.2, 0.25) is 0 Å². The van der Waals surface area contributed by atoms with Crippen molar-refractivity contribution in [3.8, 4) is 0 Å². The molecule has 1 aliphatic heterocycles. The molecule has 1 aromatic rings. The lowest BCUT2D eigenvalue weighted by Crippen LogP contribution is -2.45. The van der Waals surface area contributed by atoms with Crippen LogP contribution in [0.1, 0.15) is 36.0 Å². The van der Waals surface area contributed by atoms with Crippen molar-refractivity contribution in [2.45, 2.75) is 31.2 Å². The van der Waals surface area contributed by atoms with Gasteiger partial charge in [0, 0.05) is 32.4 Å². The monoisotopic (exact) mass is 428 g/mol. The molecule has 0 saturated heterocycles. The number of carbonyl (C=O) groups excluding carboxylic acids is 3. The second kappa shape index (κ2) is 8.66. The molecule has 5 N–H and O–H groups in total.